The highest BCUT2D eigenvalue weighted by atomic mass is 16.5. The van der Waals surface area contributed by atoms with Crippen LogP contribution in [0.15, 0.2) is 42.5 Å². The number of nitrogens with zero attached hydrogens (tertiary/aromatic N) is 1. The molecule has 0 aromatic heterocycles. The van der Waals surface area contributed by atoms with Gasteiger partial charge in [-0.3, -0.25) is 0 Å². The maximum atomic E-state index is 11.7. The van der Waals surface area contributed by atoms with Crippen molar-refractivity contribution in [2.24, 2.45) is 0 Å². The highest BCUT2D eigenvalue weighted by Crippen LogP contribution is 2.23. The molecule has 0 bridgehead atoms. The number of rotatable bonds is 4. The Morgan fingerprint density at radius 3 is 2.57 bits per heavy atom. The van der Waals surface area contributed by atoms with Gasteiger partial charge in [-0.2, -0.15) is 5.26 Å². The molecule has 21 heavy (non-hydrogen) atoms. The van der Waals surface area contributed by atoms with Crippen molar-refractivity contribution in [2.75, 3.05) is 12.8 Å². The van der Waals surface area contributed by atoms with Gasteiger partial charge in [-0.1, -0.05) is 12.1 Å². The molecule has 0 heterocycles. The Kier molecular flexibility index (Phi) is 4.42. The minimum Gasteiger partial charge on any atom is -0.488 e. The molecule has 0 aliphatic carbocycles. The number of hydrogen-bond acceptors (Lipinski definition) is 5. The first-order valence-corrected chi connectivity index (χ1v) is 6.23. The molecule has 5 nitrogen and oxygen atoms in total. The second-order valence-electron chi connectivity index (χ2n) is 4.34. The summed E-state index contributed by atoms with van der Waals surface area (Å²) >= 11 is 0. The molecule has 0 fully saturated rings. The Morgan fingerprint density at radius 2 is 1.95 bits per heavy atom. The first-order valence-electron chi connectivity index (χ1n) is 6.23. The number of hydrogen-bond donors (Lipinski definition) is 1. The lowest BCUT2D eigenvalue weighted by Crippen LogP contribution is -2.06. The number of nitrogens with two attached hydrogens (primary N) is 1. The van der Waals surface area contributed by atoms with Gasteiger partial charge in [-0.05, 0) is 35.9 Å². The largest absolute Gasteiger partial charge is 0.488 e. The normalized spacial score (nSPS) is 9.71. The standard InChI is InChI=1S/C16H14N2O3/c1-20-16(19)14-8-13(18)6-7-15(14)21-10-12-4-2-11(9-17)3-5-12/h2-8H,10,18H2,1H3. The van der Waals surface area contributed by atoms with Crippen LogP contribution in [0.25, 0.3) is 0 Å². The Balaban J connectivity index is 2.15. The third kappa shape index (κ3) is 3.51. The lowest BCUT2D eigenvalue weighted by Gasteiger charge is -2.11. The number of esters is 1. The molecule has 0 amide bonds. The van der Waals surface area contributed by atoms with E-state index in [1.54, 1.807) is 36.4 Å². The van der Waals surface area contributed by atoms with E-state index in [2.05, 4.69) is 0 Å². The predicted octanol–water partition coefficient (Wildman–Crippen LogP) is 2.51. The lowest BCUT2D eigenvalue weighted by atomic mass is 10.1. The second-order valence-corrected chi connectivity index (χ2v) is 4.34. The Hall–Kier alpha value is -3.00. The SMILES string of the molecule is COC(=O)c1cc(N)ccc1OCc1ccc(C#N)cc1. The topological polar surface area (TPSA) is 85.3 Å². The van der Waals surface area contributed by atoms with Crippen LogP contribution in [0, 0.1) is 11.3 Å². The minimum atomic E-state index is -0.503. The fraction of sp³-hybridized carbons (Fsp3) is 0.125. The van der Waals surface area contributed by atoms with Crippen molar-refractivity contribution >= 4 is 11.7 Å². The molecule has 0 saturated heterocycles. The third-order valence-electron chi connectivity index (χ3n) is 2.89. The van der Waals surface area contributed by atoms with Crippen LogP contribution in [-0.4, -0.2) is 13.1 Å². The zero-order valence-electron chi connectivity index (χ0n) is 11.5. The number of ether oxygens (including phenoxy) is 2. The molecule has 0 atom stereocenters. The van der Waals surface area contributed by atoms with Gasteiger partial charge in [0.1, 0.15) is 17.9 Å². The summed E-state index contributed by atoms with van der Waals surface area (Å²) in [6, 6.07) is 13.9. The van der Waals surface area contributed by atoms with Crippen LogP contribution in [0.3, 0.4) is 0 Å². The van der Waals surface area contributed by atoms with E-state index >= 15 is 0 Å². The molecule has 0 radical (unpaired) electrons. The molecule has 2 rings (SSSR count). The van der Waals surface area contributed by atoms with Crippen molar-refractivity contribution in [3.8, 4) is 11.8 Å². The molecule has 5 heteroatoms. The fourth-order valence-corrected chi connectivity index (χ4v) is 1.78. The Labute approximate surface area is 122 Å². The molecular formula is C16H14N2O3. The molecule has 106 valence electrons. The predicted molar refractivity (Wildman–Crippen MR) is 77.7 cm³/mol. The number of carbonyl (C=O) groups excluding carboxylic acids is 1. The number of anilines is 1. The van der Waals surface area contributed by atoms with E-state index in [1.807, 2.05) is 6.07 Å². The molecule has 0 saturated carbocycles. The van der Waals surface area contributed by atoms with Gasteiger partial charge >= 0.3 is 5.97 Å². The van der Waals surface area contributed by atoms with Crippen molar-refractivity contribution in [2.45, 2.75) is 6.61 Å². The smallest absolute Gasteiger partial charge is 0.341 e. The van der Waals surface area contributed by atoms with E-state index in [0.29, 0.717) is 17.0 Å². The number of carbonyl (C=O) groups is 1. The van der Waals surface area contributed by atoms with Crippen LogP contribution in [0.5, 0.6) is 5.75 Å². The van der Waals surface area contributed by atoms with Gasteiger partial charge in [-0.25, -0.2) is 4.79 Å². The average Bonchev–Trinajstić information content (AvgIpc) is 2.53. The van der Waals surface area contributed by atoms with Crippen molar-refractivity contribution in [1.29, 1.82) is 5.26 Å². The first kappa shape index (κ1) is 14.4. The molecule has 2 aromatic carbocycles. The summed E-state index contributed by atoms with van der Waals surface area (Å²) in [7, 11) is 1.30. The Morgan fingerprint density at radius 1 is 1.24 bits per heavy atom. The van der Waals surface area contributed by atoms with Crippen LogP contribution < -0.4 is 10.5 Å². The van der Waals surface area contributed by atoms with Crippen LogP contribution in [0.1, 0.15) is 21.5 Å². The van der Waals surface area contributed by atoms with E-state index in [1.165, 1.54) is 13.2 Å². The zero-order chi connectivity index (χ0) is 15.2. The van der Waals surface area contributed by atoms with Gasteiger partial charge in [0.15, 0.2) is 0 Å². The van der Waals surface area contributed by atoms with Crippen LogP contribution in [-0.2, 0) is 11.3 Å². The summed E-state index contributed by atoms with van der Waals surface area (Å²) in [4.78, 5) is 11.7. The van der Waals surface area contributed by atoms with E-state index in [9.17, 15) is 4.79 Å². The van der Waals surface area contributed by atoms with Crippen LogP contribution in [0.2, 0.25) is 0 Å². The minimum absolute atomic E-state index is 0.277. The molecule has 0 aliphatic heterocycles. The van der Waals surface area contributed by atoms with E-state index < -0.39 is 5.97 Å². The molecule has 2 N–H and O–H groups in total. The summed E-state index contributed by atoms with van der Waals surface area (Å²) in [5.41, 5.74) is 7.88. The highest BCUT2D eigenvalue weighted by molar-refractivity contribution is 5.93. The maximum Gasteiger partial charge on any atom is 0.341 e. The summed E-state index contributed by atoms with van der Waals surface area (Å²) < 4.78 is 10.3. The Bertz CT molecular complexity index is 688. The molecule has 0 unspecified atom stereocenters. The van der Waals surface area contributed by atoms with Crippen molar-refractivity contribution < 1.29 is 14.3 Å². The quantitative estimate of drug-likeness (QED) is 0.688. The molecule has 0 aliphatic rings. The van der Waals surface area contributed by atoms with E-state index in [4.69, 9.17) is 20.5 Å². The first-order chi connectivity index (χ1) is 10.1. The molecule has 0 spiro atoms. The van der Waals surface area contributed by atoms with Crippen molar-refractivity contribution in [1.82, 2.24) is 0 Å². The summed E-state index contributed by atoms with van der Waals surface area (Å²) in [6.07, 6.45) is 0. The number of methoxy groups -OCH3 is 1. The summed E-state index contributed by atoms with van der Waals surface area (Å²) in [6.45, 7) is 0.277. The molecular weight excluding hydrogens is 268 g/mol. The van der Waals surface area contributed by atoms with E-state index in [-0.39, 0.29) is 12.2 Å². The highest BCUT2D eigenvalue weighted by Gasteiger charge is 2.13. The van der Waals surface area contributed by atoms with Gasteiger partial charge in [-0.15, -0.1) is 0 Å². The van der Waals surface area contributed by atoms with Crippen molar-refractivity contribution in [3.63, 3.8) is 0 Å². The van der Waals surface area contributed by atoms with Gasteiger partial charge in [0, 0.05) is 5.69 Å². The van der Waals surface area contributed by atoms with Crippen LogP contribution >= 0.6 is 0 Å². The average molecular weight is 282 g/mol. The van der Waals surface area contributed by atoms with Gasteiger partial charge in [0.25, 0.3) is 0 Å². The van der Waals surface area contributed by atoms with Crippen molar-refractivity contribution in [3.05, 3.63) is 59.2 Å². The number of nitrogen functional groups attached to an aromatic ring is 1. The maximum absolute atomic E-state index is 11.7. The monoisotopic (exact) mass is 282 g/mol. The second kappa shape index (κ2) is 6.44. The van der Waals surface area contributed by atoms with E-state index in [0.717, 1.165) is 5.56 Å². The van der Waals surface area contributed by atoms with Gasteiger partial charge < -0.3 is 15.2 Å². The lowest BCUT2D eigenvalue weighted by molar-refractivity contribution is 0.0595. The third-order valence-corrected chi connectivity index (χ3v) is 2.89. The number of benzene rings is 2. The summed E-state index contributed by atoms with van der Waals surface area (Å²) in [5.74, 6) is -0.0995. The fourth-order valence-electron chi connectivity index (χ4n) is 1.78. The van der Waals surface area contributed by atoms with Gasteiger partial charge in [0.05, 0.1) is 18.7 Å². The number of nitriles is 1. The van der Waals surface area contributed by atoms with Crippen LogP contribution in [0.4, 0.5) is 5.69 Å². The summed E-state index contributed by atoms with van der Waals surface area (Å²) in [5, 5.41) is 8.74. The van der Waals surface area contributed by atoms with Gasteiger partial charge in [0.2, 0.25) is 0 Å². The molecule has 2 aromatic rings. The zero-order valence-corrected chi connectivity index (χ0v) is 11.5.